The minimum absolute atomic E-state index is 0.151. The molecule has 2 N–H and O–H groups in total. The molecule has 0 aromatic heterocycles. The molecule has 0 aliphatic carbocycles. The van der Waals surface area contributed by atoms with E-state index in [4.69, 9.17) is 17.0 Å². The molecule has 2 aromatic rings. The van der Waals surface area contributed by atoms with Crippen molar-refractivity contribution in [3.8, 4) is 5.75 Å². The third kappa shape index (κ3) is 5.85. The molecule has 8 heteroatoms. The smallest absolute Gasteiger partial charge is 0.191 e. The topological polar surface area (TPSA) is 85.8 Å². The maximum Gasteiger partial charge on any atom is 0.191 e. The second-order valence-electron chi connectivity index (χ2n) is 4.93. The summed E-state index contributed by atoms with van der Waals surface area (Å²) in [7, 11) is 0. The fourth-order valence-electron chi connectivity index (χ4n) is 1.85. The monoisotopic (exact) mass is 360 g/mol. The molecule has 0 aliphatic heterocycles. The Kier molecular flexibility index (Phi) is 6.41. The largest absolute Gasteiger partial charge is 0.546 e. The number of rotatable bonds is 6. The first-order valence-electron chi connectivity index (χ1n) is 7.24. The molecule has 0 saturated heterocycles. The second kappa shape index (κ2) is 8.74. The molecule has 0 saturated carbocycles. The molecule has 0 radical (unpaired) electrons. The van der Waals surface area contributed by atoms with Crippen LogP contribution in [0, 0.1) is 5.82 Å². The van der Waals surface area contributed by atoms with E-state index in [2.05, 4.69) is 15.8 Å². The van der Waals surface area contributed by atoms with Gasteiger partial charge in [0.25, 0.3) is 0 Å². The first kappa shape index (κ1) is 18.3. The highest BCUT2D eigenvalue weighted by molar-refractivity contribution is 7.80. The van der Waals surface area contributed by atoms with Crippen molar-refractivity contribution in [3.63, 3.8) is 0 Å². The number of ether oxygens (including phenoxy) is 1. The number of hydrazone groups is 1. The van der Waals surface area contributed by atoms with Crippen LogP contribution in [0.3, 0.4) is 0 Å². The molecule has 2 rings (SSSR count). The number of nitrogens with zero attached hydrogens (tertiary/aromatic N) is 1. The number of benzene rings is 2. The molecule has 6 nitrogen and oxygen atoms in total. The number of carboxylic acid groups (broad SMARTS) is 1. The van der Waals surface area contributed by atoms with E-state index < -0.39 is 18.4 Å². The molecule has 0 spiro atoms. The van der Waals surface area contributed by atoms with Gasteiger partial charge in [-0.2, -0.15) is 5.10 Å². The molecule has 0 heterocycles. The summed E-state index contributed by atoms with van der Waals surface area (Å²) in [5.41, 5.74) is 4.30. The first-order chi connectivity index (χ1) is 12.0. The number of hydrogen-bond acceptors (Lipinski definition) is 5. The van der Waals surface area contributed by atoms with Gasteiger partial charge in [-0.15, -0.1) is 0 Å². The maximum atomic E-state index is 13.5. The second-order valence-corrected chi connectivity index (χ2v) is 5.34. The predicted octanol–water partition coefficient (Wildman–Crippen LogP) is 1.66. The Hall–Kier alpha value is -3.00. The number of hydrogen-bond donors (Lipinski definition) is 2. The summed E-state index contributed by atoms with van der Waals surface area (Å²) in [6.07, 6.45) is 0. The molecule has 0 amide bonds. The lowest BCUT2D eigenvalue weighted by molar-refractivity contribution is -0.307. The van der Waals surface area contributed by atoms with Crippen LogP contribution in [-0.4, -0.2) is 23.4 Å². The van der Waals surface area contributed by atoms with Crippen molar-refractivity contribution in [2.45, 2.75) is 6.92 Å². The van der Waals surface area contributed by atoms with E-state index in [0.29, 0.717) is 11.5 Å². The Balaban J connectivity index is 1.93. The summed E-state index contributed by atoms with van der Waals surface area (Å²) in [5.74, 6) is -1.30. The molecular formula is C17H15FN3O3S-. The zero-order valence-corrected chi connectivity index (χ0v) is 14.1. The maximum absolute atomic E-state index is 13.5. The number of carbonyl (C=O) groups is 1. The Morgan fingerprint density at radius 3 is 2.56 bits per heavy atom. The van der Waals surface area contributed by atoms with Gasteiger partial charge in [0.1, 0.15) is 18.2 Å². The van der Waals surface area contributed by atoms with Crippen LogP contribution in [0.25, 0.3) is 0 Å². The number of anilines is 1. The van der Waals surface area contributed by atoms with Gasteiger partial charge in [0.15, 0.2) is 5.11 Å². The van der Waals surface area contributed by atoms with Gasteiger partial charge in [0.2, 0.25) is 0 Å². The van der Waals surface area contributed by atoms with Crippen molar-refractivity contribution in [1.29, 1.82) is 0 Å². The van der Waals surface area contributed by atoms with Gasteiger partial charge < -0.3 is 20.0 Å². The number of thiocarbonyl (C=S) groups is 1. The lowest BCUT2D eigenvalue weighted by Crippen LogP contribution is -2.28. The normalized spacial score (nSPS) is 10.9. The molecule has 25 heavy (non-hydrogen) atoms. The lowest BCUT2D eigenvalue weighted by atomic mass is 10.1. The van der Waals surface area contributed by atoms with Crippen molar-refractivity contribution in [2.24, 2.45) is 5.10 Å². The highest BCUT2D eigenvalue weighted by atomic mass is 32.1. The van der Waals surface area contributed by atoms with Crippen LogP contribution < -0.4 is 20.6 Å². The van der Waals surface area contributed by atoms with Gasteiger partial charge in [-0.25, -0.2) is 4.39 Å². The number of halogens is 1. The van der Waals surface area contributed by atoms with E-state index in [1.54, 1.807) is 49.4 Å². The van der Waals surface area contributed by atoms with Crippen molar-refractivity contribution in [1.82, 2.24) is 5.43 Å². The van der Waals surface area contributed by atoms with Crippen LogP contribution in [0.15, 0.2) is 53.6 Å². The molecule has 0 bridgehead atoms. The molecule has 0 aliphatic rings. The summed E-state index contributed by atoms with van der Waals surface area (Å²) in [6.45, 7) is 1.25. The Labute approximate surface area is 149 Å². The van der Waals surface area contributed by atoms with Crippen LogP contribution in [0.2, 0.25) is 0 Å². The number of carbonyl (C=O) groups excluding carboxylic acids is 1. The van der Waals surface area contributed by atoms with Crippen molar-refractivity contribution < 1.29 is 19.0 Å². The van der Waals surface area contributed by atoms with Gasteiger partial charge in [0, 0.05) is 0 Å². The fourth-order valence-corrected chi connectivity index (χ4v) is 2.00. The zero-order chi connectivity index (χ0) is 18.2. The van der Waals surface area contributed by atoms with E-state index in [1.807, 2.05) is 0 Å². The van der Waals surface area contributed by atoms with Gasteiger partial charge in [-0.1, -0.05) is 12.1 Å². The number of carboxylic acids is 1. The Morgan fingerprint density at radius 2 is 1.92 bits per heavy atom. The standard InChI is InChI=1S/C17H16FN3O3S/c1-11(12-6-8-13(9-7-12)24-10-16(22)23)20-21-17(25)19-15-5-3-2-4-14(15)18/h2-9H,10H2,1H3,(H,22,23)(H2,19,21,25)/p-1/b20-11-. The minimum Gasteiger partial charge on any atom is -0.546 e. The Morgan fingerprint density at radius 1 is 1.24 bits per heavy atom. The quantitative estimate of drug-likeness (QED) is 0.463. The van der Waals surface area contributed by atoms with Gasteiger partial charge in [-0.3, -0.25) is 5.43 Å². The van der Waals surface area contributed by atoms with Crippen LogP contribution in [0.4, 0.5) is 10.1 Å². The van der Waals surface area contributed by atoms with Gasteiger partial charge in [-0.05, 0) is 61.1 Å². The molecule has 2 aromatic carbocycles. The minimum atomic E-state index is -1.29. The highest BCUT2D eigenvalue weighted by Crippen LogP contribution is 2.13. The SMILES string of the molecule is C/C(=N/NC(=S)Nc1ccccc1F)c1ccc(OCC(=O)[O-])cc1. The zero-order valence-electron chi connectivity index (χ0n) is 13.3. The first-order valence-corrected chi connectivity index (χ1v) is 7.65. The average Bonchev–Trinajstić information content (AvgIpc) is 2.60. The summed E-state index contributed by atoms with van der Waals surface area (Å²) in [6, 6.07) is 12.8. The average molecular weight is 360 g/mol. The van der Waals surface area contributed by atoms with Gasteiger partial charge in [0.05, 0.1) is 17.4 Å². The van der Waals surface area contributed by atoms with Crippen molar-refractivity contribution in [2.75, 3.05) is 11.9 Å². The summed E-state index contributed by atoms with van der Waals surface area (Å²) in [5, 5.41) is 17.3. The van der Waals surface area contributed by atoms with Crippen LogP contribution in [-0.2, 0) is 4.79 Å². The number of para-hydroxylation sites is 1. The summed E-state index contributed by atoms with van der Waals surface area (Å²) >= 11 is 5.07. The molecular weight excluding hydrogens is 345 g/mol. The third-order valence-electron chi connectivity index (χ3n) is 3.08. The molecule has 0 fully saturated rings. The molecule has 0 atom stereocenters. The van der Waals surface area contributed by atoms with Crippen LogP contribution in [0.5, 0.6) is 5.75 Å². The third-order valence-corrected chi connectivity index (χ3v) is 3.27. The van der Waals surface area contributed by atoms with Crippen molar-refractivity contribution >= 4 is 34.7 Å². The summed E-state index contributed by atoms with van der Waals surface area (Å²) < 4.78 is 18.5. The number of aliphatic carboxylic acids is 1. The van der Waals surface area contributed by atoms with Crippen molar-refractivity contribution in [3.05, 3.63) is 59.9 Å². The van der Waals surface area contributed by atoms with E-state index in [1.165, 1.54) is 6.07 Å². The highest BCUT2D eigenvalue weighted by Gasteiger charge is 2.03. The molecule has 130 valence electrons. The predicted molar refractivity (Wildman–Crippen MR) is 94.9 cm³/mol. The molecule has 0 unspecified atom stereocenters. The Bertz CT molecular complexity index is 794. The summed E-state index contributed by atoms with van der Waals surface area (Å²) in [4.78, 5) is 10.3. The fraction of sp³-hybridized carbons (Fsp3) is 0.118. The lowest BCUT2D eigenvalue weighted by Gasteiger charge is -2.09. The van der Waals surface area contributed by atoms with Gasteiger partial charge >= 0.3 is 0 Å². The van der Waals surface area contributed by atoms with E-state index in [-0.39, 0.29) is 10.8 Å². The van der Waals surface area contributed by atoms with E-state index in [9.17, 15) is 14.3 Å². The number of nitrogens with one attached hydrogen (secondary N) is 2. The van der Waals surface area contributed by atoms with E-state index >= 15 is 0 Å². The van der Waals surface area contributed by atoms with E-state index in [0.717, 1.165) is 5.56 Å². The van der Waals surface area contributed by atoms with Crippen LogP contribution in [0.1, 0.15) is 12.5 Å². The van der Waals surface area contributed by atoms with Crippen LogP contribution >= 0.6 is 12.2 Å².